The van der Waals surface area contributed by atoms with Gasteiger partial charge in [-0.05, 0) is 48.7 Å². The number of furan rings is 1. The average Bonchev–Trinajstić information content (AvgIpc) is 3.06. The number of carbonyl (C=O) groups excluding carboxylic acids is 1. The van der Waals surface area contributed by atoms with Gasteiger partial charge in [-0.2, -0.15) is 0 Å². The zero-order valence-corrected chi connectivity index (χ0v) is 14.7. The smallest absolute Gasteiger partial charge is 0.308 e. The van der Waals surface area contributed by atoms with E-state index >= 15 is 0 Å². The highest BCUT2D eigenvalue weighted by Crippen LogP contribution is 2.16. The topological polar surface area (TPSA) is 88.8 Å². The summed E-state index contributed by atoms with van der Waals surface area (Å²) in [5.41, 5.74) is 0. The predicted octanol–water partition coefficient (Wildman–Crippen LogP) is 3.47. The standard InChI is InChI=1S/C19H22FNO5/c1-12(2)9-13(19(23)24)10-21-18(22)17-8-7-16(26-17)11-25-15-5-3-14(20)4-6-15/h3-8,12-13H,9-11H2,1-2H3,(H,21,22)(H,23,24). The lowest BCUT2D eigenvalue weighted by atomic mass is 9.97. The molecule has 1 amide bonds. The first-order valence-corrected chi connectivity index (χ1v) is 8.33. The van der Waals surface area contributed by atoms with E-state index < -0.39 is 17.8 Å². The van der Waals surface area contributed by atoms with Crippen molar-refractivity contribution in [1.82, 2.24) is 5.32 Å². The molecular weight excluding hydrogens is 341 g/mol. The fraction of sp³-hybridized carbons (Fsp3) is 0.368. The maximum absolute atomic E-state index is 12.8. The summed E-state index contributed by atoms with van der Waals surface area (Å²) in [4.78, 5) is 23.3. The van der Waals surface area contributed by atoms with E-state index in [1.165, 1.54) is 30.3 Å². The van der Waals surface area contributed by atoms with E-state index in [0.717, 1.165) is 0 Å². The van der Waals surface area contributed by atoms with Crippen molar-refractivity contribution >= 4 is 11.9 Å². The minimum Gasteiger partial charge on any atom is -0.486 e. The van der Waals surface area contributed by atoms with Gasteiger partial charge in [0.15, 0.2) is 5.76 Å². The summed E-state index contributed by atoms with van der Waals surface area (Å²) in [6.07, 6.45) is 0.477. The van der Waals surface area contributed by atoms with Crippen LogP contribution in [0.3, 0.4) is 0 Å². The van der Waals surface area contributed by atoms with Crippen LogP contribution in [0.2, 0.25) is 0 Å². The molecule has 140 valence electrons. The van der Waals surface area contributed by atoms with Gasteiger partial charge in [0, 0.05) is 6.54 Å². The van der Waals surface area contributed by atoms with Gasteiger partial charge in [0.25, 0.3) is 5.91 Å². The molecule has 1 aromatic heterocycles. The van der Waals surface area contributed by atoms with E-state index in [1.54, 1.807) is 6.07 Å². The molecule has 1 unspecified atom stereocenters. The monoisotopic (exact) mass is 363 g/mol. The van der Waals surface area contributed by atoms with Crippen molar-refractivity contribution in [2.24, 2.45) is 11.8 Å². The Bertz CT molecular complexity index is 739. The largest absolute Gasteiger partial charge is 0.486 e. The molecule has 0 aliphatic rings. The van der Waals surface area contributed by atoms with Crippen LogP contribution in [-0.2, 0) is 11.4 Å². The second-order valence-corrected chi connectivity index (χ2v) is 6.38. The maximum atomic E-state index is 12.8. The molecule has 26 heavy (non-hydrogen) atoms. The number of carboxylic acid groups (broad SMARTS) is 1. The summed E-state index contributed by atoms with van der Waals surface area (Å²) in [6.45, 7) is 3.98. The Morgan fingerprint density at radius 1 is 1.19 bits per heavy atom. The van der Waals surface area contributed by atoms with Gasteiger partial charge < -0.3 is 19.6 Å². The highest BCUT2D eigenvalue weighted by molar-refractivity contribution is 5.91. The van der Waals surface area contributed by atoms with Gasteiger partial charge in [0.2, 0.25) is 0 Å². The summed E-state index contributed by atoms with van der Waals surface area (Å²) < 4.78 is 23.7. The van der Waals surface area contributed by atoms with Crippen LogP contribution in [0.5, 0.6) is 5.75 Å². The maximum Gasteiger partial charge on any atom is 0.308 e. The van der Waals surface area contributed by atoms with Crippen LogP contribution in [0.1, 0.15) is 36.6 Å². The van der Waals surface area contributed by atoms with E-state index in [2.05, 4.69) is 5.32 Å². The van der Waals surface area contributed by atoms with E-state index in [-0.39, 0.29) is 30.6 Å². The number of carboxylic acids is 1. The molecule has 2 N–H and O–H groups in total. The second kappa shape index (κ2) is 9.03. The Morgan fingerprint density at radius 2 is 1.88 bits per heavy atom. The number of aliphatic carboxylic acids is 1. The number of halogens is 1. The van der Waals surface area contributed by atoms with Crippen LogP contribution in [0, 0.1) is 17.7 Å². The molecule has 1 atom stereocenters. The summed E-state index contributed by atoms with van der Waals surface area (Å²) in [7, 11) is 0. The van der Waals surface area contributed by atoms with Crippen molar-refractivity contribution in [3.8, 4) is 5.75 Å². The summed E-state index contributed by atoms with van der Waals surface area (Å²) in [6, 6.07) is 8.65. The van der Waals surface area contributed by atoms with Crippen molar-refractivity contribution in [2.75, 3.05) is 6.54 Å². The predicted molar refractivity (Wildman–Crippen MR) is 92.4 cm³/mol. The number of hydrogen-bond acceptors (Lipinski definition) is 4. The molecule has 0 bridgehead atoms. The zero-order chi connectivity index (χ0) is 19.1. The van der Waals surface area contributed by atoms with Crippen molar-refractivity contribution in [1.29, 1.82) is 0 Å². The first kappa shape index (κ1) is 19.5. The third kappa shape index (κ3) is 5.91. The van der Waals surface area contributed by atoms with Crippen LogP contribution >= 0.6 is 0 Å². The van der Waals surface area contributed by atoms with E-state index in [9.17, 15) is 19.1 Å². The van der Waals surface area contributed by atoms with Gasteiger partial charge in [-0.3, -0.25) is 9.59 Å². The SMILES string of the molecule is CC(C)CC(CNC(=O)c1ccc(COc2ccc(F)cc2)o1)C(=O)O. The summed E-state index contributed by atoms with van der Waals surface area (Å²) in [5, 5.41) is 11.8. The molecule has 0 spiro atoms. The molecule has 6 nitrogen and oxygen atoms in total. The van der Waals surface area contributed by atoms with Crippen LogP contribution in [0.25, 0.3) is 0 Å². The van der Waals surface area contributed by atoms with Gasteiger partial charge in [-0.1, -0.05) is 13.8 Å². The van der Waals surface area contributed by atoms with E-state index in [0.29, 0.717) is 17.9 Å². The van der Waals surface area contributed by atoms with E-state index in [4.69, 9.17) is 9.15 Å². The second-order valence-electron chi connectivity index (χ2n) is 6.38. The molecule has 0 radical (unpaired) electrons. The quantitative estimate of drug-likeness (QED) is 0.712. The van der Waals surface area contributed by atoms with Crippen LogP contribution in [-0.4, -0.2) is 23.5 Å². The minimum atomic E-state index is -0.938. The molecule has 7 heteroatoms. The van der Waals surface area contributed by atoms with Crippen molar-refractivity contribution in [2.45, 2.75) is 26.9 Å². The number of rotatable bonds is 9. The van der Waals surface area contributed by atoms with Crippen molar-refractivity contribution < 1.29 is 28.2 Å². The highest BCUT2D eigenvalue weighted by atomic mass is 19.1. The van der Waals surface area contributed by atoms with E-state index in [1.807, 2.05) is 13.8 Å². The summed E-state index contributed by atoms with van der Waals surface area (Å²) >= 11 is 0. The fourth-order valence-electron chi connectivity index (χ4n) is 2.41. The zero-order valence-electron chi connectivity index (χ0n) is 14.7. The number of nitrogens with one attached hydrogen (secondary N) is 1. The fourth-order valence-corrected chi connectivity index (χ4v) is 2.41. The molecule has 0 saturated heterocycles. The molecule has 1 heterocycles. The van der Waals surface area contributed by atoms with Crippen molar-refractivity contribution in [3.63, 3.8) is 0 Å². The van der Waals surface area contributed by atoms with Crippen LogP contribution < -0.4 is 10.1 Å². The first-order valence-electron chi connectivity index (χ1n) is 8.33. The number of hydrogen-bond donors (Lipinski definition) is 2. The Balaban J connectivity index is 1.86. The molecule has 2 aromatic rings. The first-order chi connectivity index (χ1) is 12.3. The molecule has 0 aliphatic carbocycles. The highest BCUT2D eigenvalue weighted by Gasteiger charge is 2.21. The molecule has 0 aliphatic heterocycles. The Labute approximate surface area is 151 Å². The lowest BCUT2D eigenvalue weighted by Crippen LogP contribution is -2.33. The van der Waals surface area contributed by atoms with Crippen molar-refractivity contribution in [3.05, 3.63) is 53.7 Å². The lowest BCUT2D eigenvalue weighted by molar-refractivity contribution is -0.142. The number of benzene rings is 1. The third-order valence-corrected chi connectivity index (χ3v) is 3.69. The molecule has 2 rings (SSSR count). The summed E-state index contributed by atoms with van der Waals surface area (Å²) in [5.74, 6) is -1.21. The number of ether oxygens (including phenoxy) is 1. The Morgan fingerprint density at radius 3 is 2.50 bits per heavy atom. The molecule has 0 fully saturated rings. The Kier molecular flexibility index (Phi) is 6.77. The Hall–Kier alpha value is -2.83. The van der Waals surface area contributed by atoms with Gasteiger partial charge in [0.1, 0.15) is 23.9 Å². The minimum absolute atomic E-state index is 0.0362. The molecular formula is C19H22FNO5. The van der Waals surface area contributed by atoms with Gasteiger partial charge in [-0.25, -0.2) is 4.39 Å². The number of amides is 1. The molecule has 0 saturated carbocycles. The average molecular weight is 363 g/mol. The van der Waals surface area contributed by atoms with Gasteiger partial charge >= 0.3 is 5.97 Å². The van der Waals surface area contributed by atoms with Gasteiger partial charge in [0.05, 0.1) is 5.92 Å². The number of carbonyl (C=O) groups is 2. The van der Waals surface area contributed by atoms with Gasteiger partial charge in [-0.15, -0.1) is 0 Å². The molecule has 1 aromatic carbocycles. The van der Waals surface area contributed by atoms with Crippen LogP contribution in [0.4, 0.5) is 4.39 Å². The lowest BCUT2D eigenvalue weighted by Gasteiger charge is -2.14. The van der Waals surface area contributed by atoms with Crippen LogP contribution in [0.15, 0.2) is 40.8 Å². The third-order valence-electron chi connectivity index (χ3n) is 3.69. The normalized spacial score (nSPS) is 12.0.